The molecule has 0 unspecified atom stereocenters. The van der Waals surface area contributed by atoms with Gasteiger partial charge in [-0.05, 0) is 0 Å². The van der Waals surface area contributed by atoms with E-state index in [-0.39, 0.29) is 5.82 Å². The highest BCUT2D eigenvalue weighted by molar-refractivity contribution is 5.73. The number of H-pyrrole nitrogens is 2. The Morgan fingerprint density at radius 3 is 3.36 bits per heavy atom. The summed E-state index contributed by atoms with van der Waals surface area (Å²) in [4.78, 5) is 23.6. The molecule has 0 aliphatic heterocycles. The Morgan fingerprint density at radius 2 is 2.55 bits per heavy atom. The molecule has 2 aromatic heterocycles. The van der Waals surface area contributed by atoms with Crippen LogP contribution in [0.1, 0.15) is 10.6 Å². The predicted molar refractivity (Wildman–Crippen MR) is 35.8 cm³/mol. The Hall–Kier alpha value is -1.78. The highest BCUT2D eigenvalue weighted by Crippen LogP contribution is 1.98. The molecule has 0 bridgehead atoms. The number of nitrogens with zero attached hydrogens (tertiary/aromatic N) is 2. The van der Waals surface area contributed by atoms with Crippen molar-refractivity contribution in [1.29, 1.82) is 0 Å². The molecule has 0 atom stereocenters. The van der Waals surface area contributed by atoms with Gasteiger partial charge in [-0.25, -0.2) is 9.97 Å². The Bertz CT molecular complexity index is 394. The second kappa shape index (κ2) is 2.12. The third-order valence-corrected chi connectivity index (χ3v) is 1.35. The van der Waals surface area contributed by atoms with Gasteiger partial charge in [-0.2, -0.15) is 0 Å². The summed E-state index contributed by atoms with van der Waals surface area (Å²) in [6.07, 6.45) is 3.80. The second-order valence-corrected chi connectivity index (χ2v) is 2.04. The first kappa shape index (κ1) is 5.96. The normalized spacial score (nSPS) is 10.2. The Labute approximate surface area is 61.5 Å². The number of carbonyl (C=O) groups excluding carboxylic acids is 1. The molecule has 2 N–H and O–H groups in total. The molecule has 0 aliphatic carbocycles. The van der Waals surface area contributed by atoms with Crippen molar-refractivity contribution >= 4 is 17.5 Å². The van der Waals surface area contributed by atoms with Gasteiger partial charge in [0.1, 0.15) is 0 Å². The lowest BCUT2D eigenvalue weighted by molar-refractivity contribution is -0.347. The van der Waals surface area contributed by atoms with E-state index in [1.54, 1.807) is 12.5 Å². The Morgan fingerprint density at radius 1 is 1.64 bits per heavy atom. The molecule has 5 heteroatoms. The van der Waals surface area contributed by atoms with Gasteiger partial charge in [0, 0.05) is 0 Å². The molecule has 54 valence electrons. The number of rotatable bonds is 1. The zero-order chi connectivity index (χ0) is 7.68. The minimum atomic E-state index is 0.188. The standard InChI is InChI=1S/C6H4N4O/c11-2-5-7-1-4-6(10-5)9-3-8-4/h1-3H,(H,7,8,9,10)/p+1. The van der Waals surface area contributed by atoms with Crippen LogP contribution in [-0.2, 0) is 0 Å². The molecule has 0 amide bonds. The van der Waals surface area contributed by atoms with Crippen molar-refractivity contribution in [1.82, 2.24) is 15.0 Å². The average Bonchev–Trinajstić information content (AvgIpc) is 2.50. The number of hydrogen-bond donors (Lipinski definition) is 1. The molecule has 0 aromatic carbocycles. The van der Waals surface area contributed by atoms with Crippen LogP contribution in [0.2, 0.25) is 0 Å². The number of imidazole rings is 1. The largest absolute Gasteiger partial charge is 0.303 e. The van der Waals surface area contributed by atoms with E-state index in [4.69, 9.17) is 0 Å². The maximum absolute atomic E-state index is 10.2. The van der Waals surface area contributed by atoms with Crippen molar-refractivity contribution in [3.05, 3.63) is 18.3 Å². The number of aldehydes is 1. The molecule has 0 saturated heterocycles. The number of nitrogens with one attached hydrogen (secondary N) is 2. The third kappa shape index (κ3) is 0.861. The summed E-state index contributed by atoms with van der Waals surface area (Å²) < 4.78 is 0. The quantitative estimate of drug-likeness (QED) is 0.560. The van der Waals surface area contributed by atoms with Crippen molar-refractivity contribution in [2.24, 2.45) is 0 Å². The van der Waals surface area contributed by atoms with Crippen LogP contribution in [0.15, 0.2) is 12.5 Å². The molecule has 0 radical (unpaired) electrons. The van der Waals surface area contributed by atoms with E-state index in [2.05, 4.69) is 19.9 Å². The summed E-state index contributed by atoms with van der Waals surface area (Å²) in [6.45, 7) is 0. The number of hydrogen-bond acceptors (Lipinski definition) is 3. The van der Waals surface area contributed by atoms with Crippen LogP contribution >= 0.6 is 0 Å². The van der Waals surface area contributed by atoms with Crippen LogP contribution in [0.3, 0.4) is 0 Å². The predicted octanol–water partition coefficient (Wildman–Crippen LogP) is -0.416. The van der Waals surface area contributed by atoms with Crippen molar-refractivity contribution in [2.45, 2.75) is 0 Å². The summed E-state index contributed by atoms with van der Waals surface area (Å²) >= 11 is 0. The van der Waals surface area contributed by atoms with Crippen LogP contribution in [0.5, 0.6) is 0 Å². The second-order valence-electron chi connectivity index (χ2n) is 2.04. The van der Waals surface area contributed by atoms with Crippen molar-refractivity contribution in [3.8, 4) is 0 Å². The van der Waals surface area contributed by atoms with Gasteiger partial charge in [0.25, 0.3) is 5.82 Å². The minimum absolute atomic E-state index is 0.188. The number of aromatic amines is 2. The minimum Gasteiger partial charge on any atom is -0.293 e. The number of carbonyl (C=O) groups is 1. The lowest BCUT2D eigenvalue weighted by atomic mass is 10.5. The van der Waals surface area contributed by atoms with Crippen molar-refractivity contribution in [2.75, 3.05) is 0 Å². The fourth-order valence-corrected chi connectivity index (χ4v) is 0.850. The topological polar surface area (TPSA) is 72.8 Å². The number of aromatic nitrogens is 4. The van der Waals surface area contributed by atoms with Crippen LogP contribution in [0, 0.1) is 0 Å². The molecular formula is C6H5N4O+. The van der Waals surface area contributed by atoms with Crippen molar-refractivity contribution < 1.29 is 9.78 Å². The SMILES string of the molecule is O=Cc1ncc2[nH]c[nH+]c2n1. The highest BCUT2D eigenvalue weighted by Gasteiger charge is 2.05. The first-order valence-electron chi connectivity index (χ1n) is 3.07. The zero-order valence-electron chi connectivity index (χ0n) is 5.53. The van der Waals surface area contributed by atoms with Crippen LogP contribution < -0.4 is 4.98 Å². The summed E-state index contributed by atoms with van der Waals surface area (Å²) in [5, 5.41) is 0. The van der Waals surface area contributed by atoms with E-state index in [1.807, 2.05) is 0 Å². The molecule has 0 aliphatic rings. The third-order valence-electron chi connectivity index (χ3n) is 1.35. The number of fused-ring (bicyclic) bond motifs is 1. The maximum Gasteiger partial charge on any atom is 0.303 e. The maximum atomic E-state index is 10.2. The summed E-state index contributed by atoms with van der Waals surface area (Å²) in [5.74, 6) is 0.188. The fourth-order valence-electron chi connectivity index (χ4n) is 0.850. The lowest BCUT2D eigenvalue weighted by Crippen LogP contribution is -2.00. The fraction of sp³-hybridized carbons (Fsp3) is 0. The van der Waals surface area contributed by atoms with E-state index in [1.165, 1.54) is 0 Å². The Kier molecular flexibility index (Phi) is 1.15. The van der Waals surface area contributed by atoms with Gasteiger partial charge in [0.2, 0.25) is 6.29 Å². The summed E-state index contributed by atoms with van der Waals surface area (Å²) in [5.41, 5.74) is 1.43. The molecule has 11 heavy (non-hydrogen) atoms. The van der Waals surface area contributed by atoms with Crippen LogP contribution in [-0.4, -0.2) is 21.2 Å². The molecule has 2 rings (SSSR count). The molecule has 0 fully saturated rings. The molecule has 0 saturated carbocycles. The Balaban J connectivity index is 2.76. The van der Waals surface area contributed by atoms with E-state index in [9.17, 15) is 4.79 Å². The average molecular weight is 149 g/mol. The van der Waals surface area contributed by atoms with Gasteiger partial charge in [-0.3, -0.25) is 9.78 Å². The van der Waals surface area contributed by atoms with E-state index < -0.39 is 0 Å². The molecule has 5 nitrogen and oxygen atoms in total. The summed E-state index contributed by atoms with van der Waals surface area (Å²) in [7, 11) is 0. The lowest BCUT2D eigenvalue weighted by Gasteiger charge is -1.79. The van der Waals surface area contributed by atoms with Gasteiger partial charge in [-0.15, -0.1) is 0 Å². The van der Waals surface area contributed by atoms with Crippen molar-refractivity contribution in [3.63, 3.8) is 0 Å². The molecule has 2 aromatic rings. The van der Waals surface area contributed by atoms with Gasteiger partial charge in [-0.1, -0.05) is 4.98 Å². The van der Waals surface area contributed by atoms with Crippen LogP contribution in [0.25, 0.3) is 11.2 Å². The van der Waals surface area contributed by atoms with Gasteiger partial charge in [0.05, 0.1) is 6.20 Å². The molecular weight excluding hydrogens is 144 g/mol. The zero-order valence-corrected chi connectivity index (χ0v) is 5.53. The molecule has 0 spiro atoms. The highest BCUT2D eigenvalue weighted by atomic mass is 16.1. The van der Waals surface area contributed by atoms with Gasteiger partial charge in [0.15, 0.2) is 11.8 Å². The van der Waals surface area contributed by atoms with E-state index in [0.29, 0.717) is 11.9 Å². The summed E-state index contributed by atoms with van der Waals surface area (Å²) in [6, 6.07) is 0. The monoisotopic (exact) mass is 149 g/mol. The van der Waals surface area contributed by atoms with E-state index >= 15 is 0 Å². The van der Waals surface area contributed by atoms with Gasteiger partial charge >= 0.3 is 5.65 Å². The first-order valence-corrected chi connectivity index (χ1v) is 3.07. The van der Waals surface area contributed by atoms with Crippen LogP contribution in [0.4, 0.5) is 0 Å². The van der Waals surface area contributed by atoms with E-state index in [0.717, 1.165) is 5.52 Å². The van der Waals surface area contributed by atoms with Gasteiger partial charge < -0.3 is 0 Å². The molecule has 2 heterocycles. The smallest absolute Gasteiger partial charge is 0.293 e. The first-order chi connectivity index (χ1) is 5.40.